The van der Waals surface area contributed by atoms with E-state index in [0.29, 0.717) is 45.3 Å². The van der Waals surface area contributed by atoms with E-state index in [9.17, 15) is 9.59 Å². The molecule has 1 spiro atoms. The van der Waals surface area contributed by atoms with Gasteiger partial charge in [-0.1, -0.05) is 6.07 Å². The number of carbonyl (C=O) groups excluding carboxylic acids is 2. The van der Waals surface area contributed by atoms with Crippen LogP contribution < -0.4 is 0 Å². The maximum Gasteiger partial charge on any atom is 0.249 e. The summed E-state index contributed by atoms with van der Waals surface area (Å²) in [6.07, 6.45) is 8.56. The van der Waals surface area contributed by atoms with Crippen LogP contribution in [0.3, 0.4) is 0 Å². The lowest BCUT2D eigenvalue weighted by molar-refractivity contribution is -0.147. The first-order valence-corrected chi connectivity index (χ1v) is 10.1. The van der Waals surface area contributed by atoms with Gasteiger partial charge in [0.05, 0.1) is 17.6 Å². The second-order valence-electron chi connectivity index (χ2n) is 7.73. The first kappa shape index (κ1) is 19.6. The number of aryl methyl sites for hydroxylation is 1. The molecule has 2 aromatic rings. The number of rotatable bonds is 5. The van der Waals surface area contributed by atoms with Crippen LogP contribution in [0.15, 0.2) is 30.9 Å². The number of hydrogen-bond acceptors (Lipinski definition) is 5. The number of aromatic nitrogens is 3. The van der Waals surface area contributed by atoms with E-state index in [2.05, 4.69) is 15.0 Å². The molecular formula is C21H27N5O3. The first-order chi connectivity index (χ1) is 14.1. The molecule has 0 aromatic carbocycles. The van der Waals surface area contributed by atoms with Gasteiger partial charge < -0.3 is 19.5 Å². The fourth-order valence-corrected chi connectivity index (χ4v) is 4.63. The molecule has 1 fully saturated rings. The van der Waals surface area contributed by atoms with Gasteiger partial charge >= 0.3 is 0 Å². The van der Waals surface area contributed by atoms with Gasteiger partial charge in [-0.3, -0.25) is 14.6 Å². The van der Waals surface area contributed by atoms with Crippen molar-refractivity contribution in [2.45, 2.75) is 37.6 Å². The summed E-state index contributed by atoms with van der Waals surface area (Å²) < 4.78 is 5.10. The summed E-state index contributed by atoms with van der Waals surface area (Å²) in [6, 6.07) is 3.88. The Morgan fingerprint density at radius 3 is 2.79 bits per heavy atom. The summed E-state index contributed by atoms with van der Waals surface area (Å²) >= 11 is 0. The zero-order valence-corrected chi connectivity index (χ0v) is 16.8. The zero-order chi connectivity index (χ0) is 20.3. The number of nitrogens with one attached hydrogen (secondary N) is 1. The summed E-state index contributed by atoms with van der Waals surface area (Å²) in [5.41, 5.74) is 2.67. The van der Waals surface area contributed by atoms with Gasteiger partial charge in [0.25, 0.3) is 0 Å². The number of ether oxygens (including phenoxy) is 1. The third-order valence-electron chi connectivity index (χ3n) is 6.12. The number of methoxy groups -OCH3 is 1. The summed E-state index contributed by atoms with van der Waals surface area (Å²) in [4.78, 5) is 41.2. The van der Waals surface area contributed by atoms with Crippen molar-refractivity contribution in [3.63, 3.8) is 0 Å². The monoisotopic (exact) mass is 397 g/mol. The fraction of sp³-hybridized carbons (Fsp3) is 0.524. The molecule has 154 valence electrons. The summed E-state index contributed by atoms with van der Waals surface area (Å²) in [6.45, 7) is 1.95. The minimum atomic E-state index is -0.455. The van der Waals surface area contributed by atoms with Gasteiger partial charge in [-0.05, 0) is 30.9 Å². The van der Waals surface area contributed by atoms with Crippen LogP contribution in [0, 0.1) is 0 Å². The number of H-pyrrole nitrogens is 1. The van der Waals surface area contributed by atoms with Crippen LogP contribution in [0.5, 0.6) is 0 Å². The predicted octanol–water partition coefficient (Wildman–Crippen LogP) is 1.29. The molecule has 1 N–H and O–H groups in total. The molecule has 8 nitrogen and oxygen atoms in total. The SMILES string of the molecule is COCC(=O)N1CCc2[nH]cnc2C12CCN(C(=O)CCc1cccnc1)CC2. The number of piperidine rings is 1. The third-order valence-corrected chi connectivity index (χ3v) is 6.12. The molecule has 0 aliphatic carbocycles. The highest BCUT2D eigenvalue weighted by Gasteiger charge is 2.48. The smallest absolute Gasteiger partial charge is 0.249 e. The van der Waals surface area contributed by atoms with E-state index >= 15 is 0 Å². The van der Waals surface area contributed by atoms with Crippen molar-refractivity contribution in [1.29, 1.82) is 0 Å². The molecule has 2 amide bonds. The van der Waals surface area contributed by atoms with Gasteiger partial charge in [-0.15, -0.1) is 0 Å². The largest absolute Gasteiger partial charge is 0.375 e. The molecule has 0 saturated carbocycles. The van der Waals surface area contributed by atoms with Crippen LogP contribution in [-0.4, -0.2) is 69.9 Å². The Labute approximate surface area is 170 Å². The Kier molecular flexibility index (Phi) is 5.62. The number of hydrogen-bond donors (Lipinski definition) is 1. The number of nitrogens with zero attached hydrogens (tertiary/aromatic N) is 4. The van der Waals surface area contributed by atoms with E-state index in [0.717, 1.165) is 23.4 Å². The second kappa shape index (κ2) is 8.32. The molecule has 2 aromatic heterocycles. The maximum atomic E-state index is 12.8. The number of fused-ring (bicyclic) bond motifs is 2. The first-order valence-electron chi connectivity index (χ1n) is 10.1. The molecule has 0 bridgehead atoms. The van der Waals surface area contributed by atoms with Gasteiger partial charge in [-0.25, -0.2) is 4.98 Å². The lowest BCUT2D eigenvalue weighted by atomic mass is 9.78. The van der Waals surface area contributed by atoms with Crippen molar-refractivity contribution < 1.29 is 14.3 Å². The molecule has 0 radical (unpaired) electrons. The number of aromatic amines is 1. The molecule has 0 unspecified atom stereocenters. The average Bonchev–Trinajstić information content (AvgIpc) is 3.24. The Bertz CT molecular complexity index is 858. The quantitative estimate of drug-likeness (QED) is 0.821. The van der Waals surface area contributed by atoms with Crippen LogP contribution in [0.25, 0.3) is 0 Å². The van der Waals surface area contributed by atoms with Crippen molar-refractivity contribution in [2.75, 3.05) is 33.4 Å². The van der Waals surface area contributed by atoms with Crippen molar-refractivity contribution in [1.82, 2.24) is 24.8 Å². The van der Waals surface area contributed by atoms with E-state index in [4.69, 9.17) is 4.74 Å². The molecule has 0 atom stereocenters. The van der Waals surface area contributed by atoms with E-state index < -0.39 is 5.54 Å². The predicted molar refractivity (Wildman–Crippen MR) is 106 cm³/mol. The summed E-state index contributed by atoms with van der Waals surface area (Å²) in [5.74, 6) is 0.133. The topological polar surface area (TPSA) is 91.4 Å². The average molecular weight is 397 g/mol. The second-order valence-corrected chi connectivity index (χ2v) is 7.73. The van der Waals surface area contributed by atoms with Gasteiger partial charge in [0.2, 0.25) is 11.8 Å². The minimum absolute atomic E-state index is 0.0162. The molecule has 4 heterocycles. The highest BCUT2D eigenvalue weighted by molar-refractivity contribution is 5.79. The summed E-state index contributed by atoms with van der Waals surface area (Å²) in [5, 5.41) is 0. The number of amides is 2. The number of carbonyl (C=O) groups is 2. The van der Waals surface area contributed by atoms with Gasteiger partial charge in [-0.2, -0.15) is 0 Å². The van der Waals surface area contributed by atoms with E-state index in [-0.39, 0.29) is 18.4 Å². The molecular weight excluding hydrogens is 370 g/mol. The fourth-order valence-electron chi connectivity index (χ4n) is 4.63. The van der Waals surface area contributed by atoms with Gasteiger partial charge in [0.15, 0.2) is 0 Å². The molecule has 29 heavy (non-hydrogen) atoms. The molecule has 1 saturated heterocycles. The minimum Gasteiger partial charge on any atom is -0.375 e. The lowest BCUT2D eigenvalue weighted by Crippen LogP contribution is -2.59. The van der Waals surface area contributed by atoms with Crippen LogP contribution >= 0.6 is 0 Å². The van der Waals surface area contributed by atoms with E-state index in [1.165, 1.54) is 7.11 Å². The van der Waals surface area contributed by atoms with E-state index in [1.54, 1.807) is 18.7 Å². The number of pyridine rings is 1. The number of imidazole rings is 1. The standard InChI is InChI=1S/C21H27N5O3/c1-29-14-19(28)26-10-6-17-20(24-15-23-17)21(26)7-11-25(12-8-21)18(27)5-4-16-3-2-9-22-13-16/h2-3,9,13,15H,4-8,10-12,14H2,1H3,(H,23,24). The van der Waals surface area contributed by atoms with Crippen LogP contribution in [0.1, 0.15) is 36.2 Å². The van der Waals surface area contributed by atoms with Crippen molar-refractivity contribution in [3.05, 3.63) is 47.8 Å². The van der Waals surface area contributed by atoms with Crippen molar-refractivity contribution in [2.24, 2.45) is 0 Å². The lowest BCUT2D eigenvalue weighted by Gasteiger charge is -2.50. The van der Waals surface area contributed by atoms with Gasteiger partial charge in [0, 0.05) is 57.7 Å². The van der Waals surface area contributed by atoms with Crippen LogP contribution in [0.4, 0.5) is 0 Å². The Morgan fingerprint density at radius 1 is 1.24 bits per heavy atom. The van der Waals surface area contributed by atoms with Crippen LogP contribution in [0.2, 0.25) is 0 Å². The molecule has 2 aliphatic heterocycles. The number of likely N-dealkylation sites (tertiary alicyclic amines) is 1. The highest BCUT2D eigenvalue weighted by Crippen LogP contribution is 2.42. The third kappa shape index (κ3) is 3.76. The summed E-state index contributed by atoms with van der Waals surface area (Å²) in [7, 11) is 1.54. The molecule has 2 aliphatic rings. The Balaban J connectivity index is 1.45. The van der Waals surface area contributed by atoms with Crippen molar-refractivity contribution in [3.8, 4) is 0 Å². The van der Waals surface area contributed by atoms with Gasteiger partial charge in [0.1, 0.15) is 6.61 Å². The van der Waals surface area contributed by atoms with Crippen molar-refractivity contribution >= 4 is 11.8 Å². The Morgan fingerprint density at radius 2 is 2.07 bits per heavy atom. The molecule has 8 heteroatoms. The normalized spacial score (nSPS) is 18.0. The zero-order valence-electron chi connectivity index (χ0n) is 16.8. The van der Waals surface area contributed by atoms with Crippen LogP contribution in [-0.2, 0) is 32.7 Å². The Hall–Kier alpha value is -2.74. The molecule has 4 rings (SSSR count). The van der Waals surface area contributed by atoms with E-state index in [1.807, 2.05) is 21.9 Å². The maximum absolute atomic E-state index is 12.8. The highest BCUT2D eigenvalue weighted by atomic mass is 16.5.